The molecule has 1 saturated heterocycles. The fraction of sp³-hybridized carbons (Fsp3) is 1.00. The maximum absolute atomic E-state index is 9.12. The second-order valence-corrected chi connectivity index (χ2v) is 4.18. The molecule has 1 aliphatic rings. The van der Waals surface area contributed by atoms with E-state index in [-0.39, 0.29) is 6.10 Å². The fourth-order valence-electron chi connectivity index (χ4n) is 1.91. The van der Waals surface area contributed by atoms with E-state index >= 15 is 0 Å². The standard InChI is InChI=1S/C10H21NO2/c1-7(12)6-11-10-4-8(2)13-9(3)5-10/h7-12H,4-6H2,1-3H3/t7-,8+,9+/m0/s1. The molecule has 3 nitrogen and oxygen atoms in total. The van der Waals surface area contributed by atoms with E-state index in [0.717, 1.165) is 12.8 Å². The molecular weight excluding hydrogens is 166 g/mol. The number of aliphatic hydroxyl groups excluding tert-OH is 1. The average molecular weight is 187 g/mol. The fourth-order valence-corrected chi connectivity index (χ4v) is 1.91. The number of hydrogen-bond acceptors (Lipinski definition) is 3. The second-order valence-electron chi connectivity index (χ2n) is 4.18. The molecule has 2 N–H and O–H groups in total. The smallest absolute Gasteiger partial charge is 0.0636 e. The number of aliphatic hydroxyl groups is 1. The summed E-state index contributed by atoms with van der Waals surface area (Å²) >= 11 is 0. The first kappa shape index (κ1) is 11.0. The van der Waals surface area contributed by atoms with Gasteiger partial charge in [-0.1, -0.05) is 0 Å². The van der Waals surface area contributed by atoms with Crippen molar-refractivity contribution in [3.63, 3.8) is 0 Å². The molecule has 0 radical (unpaired) electrons. The van der Waals surface area contributed by atoms with Crippen molar-refractivity contribution in [2.75, 3.05) is 6.54 Å². The van der Waals surface area contributed by atoms with Crippen molar-refractivity contribution in [3.05, 3.63) is 0 Å². The topological polar surface area (TPSA) is 41.5 Å². The molecule has 0 bridgehead atoms. The molecule has 3 atom stereocenters. The molecule has 0 aliphatic carbocycles. The first-order valence-electron chi connectivity index (χ1n) is 5.15. The van der Waals surface area contributed by atoms with Gasteiger partial charge >= 0.3 is 0 Å². The van der Waals surface area contributed by atoms with Gasteiger partial charge in [-0.15, -0.1) is 0 Å². The van der Waals surface area contributed by atoms with E-state index < -0.39 is 0 Å². The molecule has 0 spiro atoms. The average Bonchev–Trinajstić information content (AvgIpc) is 1.99. The molecule has 1 heterocycles. The zero-order valence-electron chi connectivity index (χ0n) is 8.79. The summed E-state index contributed by atoms with van der Waals surface area (Å²) in [5.74, 6) is 0. The van der Waals surface area contributed by atoms with Gasteiger partial charge in [-0.2, -0.15) is 0 Å². The SMILES string of the molecule is C[C@H](O)CNC1C[C@@H](C)O[C@H](C)C1. The summed E-state index contributed by atoms with van der Waals surface area (Å²) in [6.07, 6.45) is 2.53. The third-order valence-corrected chi connectivity index (χ3v) is 2.40. The Balaban J connectivity index is 2.25. The van der Waals surface area contributed by atoms with E-state index in [1.54, 1.807) is 6.92 Å². The van der Waals surface area contributed by atoms with E-state index in [1.807, 2.05) is 0 Å². The third-order valence-electron chi connectivity index (χ3n) is 2.40. The number of rotatable bonds is 3. The molecule has 1 aliphatic heterocycles. The molecule has 0 saturated carbocycles. The van der Waals surface area contributed by atoms with Gasteiger partial charge in [0.2, 0.25) is 0 Å². The number of ether oxygens (including phenoxy) is 1. The molecule has 13 heavy (non-hydrogen) atoms. The Morgan fingerprint density at radius 1 is 1.38 bits per heavy atom. The summed E-state index contributed by atoms with van der Waals surface area (Å²) in [6.45, 7) is 6.70. The highest BCUT2D eigenvalue weighted by Crippen LogP contribution is 2.18. The molecule has 1 rings (SSSR count). The predicted octanol–water partition coefficient (Wildman–Crippen LogP) is 0.913. The Hall–Kier alpha value is -0.120. The Kier molecular flexibility index (Phi) is 4.16. The maximum atomic E-state index is 9.12. The van der Waals surface area contributed by atoms with Crippen molar-refractivity contribution >= 4 is 0 Å². The summed E-state index contributed by atoms with van der Waals surface area (Å²) in [7, 11) is 0. The van der Waals surface area contributed by atoms with Crippen LogP contribution in [0.2, 0.25) is 0 Å². The van der Waals surface area contributed by atoms with E-state index in [2.05, 4.69) is 19.2 Å². The van der Waals surface area contributed by atoms with Crippen molar-refractivity contribution in [3.8, 4) is 0 Å². The van der Waals surface area contributed by atoms with Gasteiger partial charge in [-0.25, -0.2) is 0 Å². The van der Waals surface area contributed by atoms with Gasteiger partial charge in [0.1, 0.15) is 0 Å². The highest BCUT2D eigenvalue weighted by molar-refractivity contribution is 4.78. The lowest BCUT2D eigenvalue weighted by Gasteiger charge is -2.32. The van der Waals surface area contributed by atoms with E-state index in [0.29, 0.717) is 24.8 Å². The zero-order valence-corrected chi connectivity index (χ0v) is 8.79. The first-order chi connectivity index (χ1) is 6.08. The summed E-state index contributed by atoms with van der Waals surface area (Å²) < 4.78 is 5.62. The van der Waals surface area contributed by atoms with Crippen LogP contribution in [0.4, 0.5) is 0 Å². The minimum Gasteiger partial charge on any atom is -0.392 e. The van der Waals surface area contributed by atoms with Gasteiger partial charge in [-0.3, -0.25) is 0 Å². The van der Waals surface area contributed by atoms with Gasteiger partial charge < -0.3 is 15.2 Å². The number of hydrogen-bond donors (Lipinski definition) is 2. The van der Waals surface area contributed by atoms with Crippen molar-refractivity contribution in [1.29, 1.82) is 0 Å². The predicted molar refractivity (Wildman–Crippen MR) is 52.7 cm³/mol. The molecule has 0 unspecified atom stereocenters. The summed E-state index contributed by atoms with van der Waals surface area (Å²) in [4.78, 5) is 0. The van der Waals surface area contributed by atoms with Crippen molar-refractivity contribution < 1.29 is 9.84 Å². The van der Waals surface area contributed by atoms with E-state index in [4.69, 9.17) is 9.84 Å². The van der Waals surface area contributed by atoms with Crippen LogP contribution in [0.3, 0.4) is 0 Å². The molecule has 0 aromatic heterocycles. The van der Waals surface area contributed by atoms with Crippen LogP contribution in [-0.4, -0.2) is 36.0 Å². The number of nitrogens with one attached hydrogen (secondary N) is 1. The van der Waals surface area contributed by atoms with Gasteiger partial charge in [0.05, 0.1) is 18.3 Å². The van der Waals surface area contributed by atoms with Crippen LogP contribution in [0.25, 0.3) is 0 Å². The van der Waals surface area contributed by atoms with Crippen LogP contribution in [-0.2, 0) is 4.74 Å². The van der Waals surface area contributed by atoms with E-state index in [1.165, 1.54) is 0 Å². The molecular formula is C10H21NO2. The van der Waals surface area contributed by atoms with Crippen molar-refractivity contribution in [2.24, 2.45) is 0 Å². The molecule has 3 heteroatoms. The Morgan fingerprint density at radius 3 is 2.38 bits per heavy atom. The zero-order chi connectivity index (χ0) is 9.84. The Bertz CT molecular complexity index is 140. The molecule has 0 aromatic carbocycles. The molecule has 1 fully saturated rings. The van der Waals surface area contributed by atoms with Gasteiger partial charge in [0.15, 0.2) is 0 Å². The molecule has 0 amide bonds. The largest absolute Gasteiger partial charge is 0.392 e. The maximum Gasteiger partial charge on any atom is 0.0636 e. The third kappa shape index (κ3) is 4.07. The van der Waals surface area contributed by atoms with Gasteiger partial charge in [0.25, 0.3) is 0 Å². The van der Waals surface area contributed by atoms with Crippen LogP contribution in [0.1, 0.15) is 33.6 Å². The lowest BCUT2D eigenvalue weighted by atomic mass is 10.00. The van der Waals surface area contributed by atoms with Crippen LogP contribution in [0.15, 0.2) is 0 Å². The highest BCUT2D eigenvalue weighted by atomic mass is 16.5. The Labute approximate surface area is 80.5 Å². The second kappa shape index (κ2) is 4.94. The lowest BCUT2D eigenvalue weighted by molar-refractivity contribution is -0.0431. The monoisotopic (exact) mass is 187 g/mol. The van der Waals surface area contributed by atoms with Crippen LogP contribution in [0, 0.1) is 0 Å². The van der Waals surface area contributed by atoms with E-state index in [9.17, 15) is 0 Å². The van der Waals surface area contributed by atoms with Crippen LogP contribution in [0.5, 0.6) is 0 Å². The van der Waals surface area contributed by atoms with Crippen molar-refractivity contribution in [2.45, 2.75) is 58.0 Å². The van der Waals surface area contributed by atoms with Crippen LogP contribution < -0.4 is 5.32 Å². The normalized spacial score (nSPS) is 37.4. The minimum absolute atomic E-state index is 0.256. The van der Waals surface area contributed by atoms with Gasteiger partial charge in [0, 0.05) is 12.6 Å². The summed E-state index contributed by atoms with van der Waals surface area (Å²) in [5, 5.41) is 12.5. The molecule has 78 valence electrons. The van der Waals surface area contributed by atoms with Crippen LogP contribution >= 0.6 is 0 Å². The molecule has 0 aromatic rings. The quantitative estimate of drug-likeness (QED) is 0.690. The minimum atomic E-state index is -0.256. The summed E-state index contributed by atoms with van der Waals surface area (Å²) in [5.41, 5.74) is 0. The lowest BCUT2D eigenvalue weighted by Crippen LogP contribution is -2.43. The summed E-state index contributed by atoms with van der Waals surface area (Å²) in [6, 6.07) is 0.508. The van der Waals surface area contributed by atoms with Crippen molar-refractivity contribution in [1.82, 2.24) is 5.32 Å². The highest BCUT2D eigenvalue weighted by Gasteiger charge is 2.23. The van der Waals surface area contributed by atoms with Gasteiger partial charge in [-0.05, 0) is 33.6 Å². The first-order valence-corrected chi connectivity index (χ1v) is 5.15. The Morgan fingerprint density at radius 2 is 1.92 bits per heavy atom.